The molecule has 0 bridgehead atoms. The molecule has 0 radical (unpaired) electrons. The Labute approximate surface area is 385 Å². The number of carbonyl (C=O) groups excluding carboxylic acids is 2. The van der Waals surface area contributed by atoms with Gasteiger partial charge in [-0.05, 0) is 64.2 Å². The zero-order valence-corrected chi connectivity index (χ0v) is 41.5. The fourth-order valence-electron chi connectivity index (χ4n) is 8.32. The Morgan fingerprint density at radius 1 is 0.468 bits per heavy atom. The van der Waals surface area contributed by atoms with Gasteiger partial charge in [0.15, 0.2) is 0 Å². The van der Waals surface area contributed by atoms with E-state index in [4.69, 9.17) is 4.74 Å². The molecule has 1 amide bonds. The van der Waals surface area contributed by atoms with E-state index in [0.717, 1.165) is 77.0 Å². The minimum atomic E-state index is -0.788. The van der Waals surface area contributed by atoms with Crippen LogP contribution in [0.1, 0.15) is 284 Å². The molecule has 3 N–H and O–H groups in total. The lowest BCUT2D eigenvalue weighted by molar-refractivity contribution is -0.151. The van der Waals surface area contributed by atoms with E-state index in [0.29, 0.717) is 19.3 Å². The molecule has 0 aliphatic carbocycles. The molecule has 0 aliphatic rings. The van der Waals surface area contributed by atoms with E-state index in [1.807, 2.05) is 0 Å². The molecule has 0 aromatic carbocycles. The SMILES string of the molecule is CCCCC/C=C\C/C=C\C/C=C\CCCCCCC(=O)OC(CCCCCCCCCCCCCCCCCC)CC(=O)NC(CO)C(O)CCCCCCCCCCCC. The third kappa shape index (κ3) is 44.7. The van der Waals surface area contributed by atoms with Crippen molar-refractivity contribution in [2.45, 2.75) is 302 Å². The van der Waals surface area contributed by atoms with E-state index < -0.39 is 18.2 Å². The summed E-state index contributed by atoms with van der Waals surface area (Å²) in [6, 6.07) is -0.702. The molecule has 62 heavy (non-hydrogen) atoms. The van der Waals surface area contributed by atoms with Gasteiger partial charge in [-0.25, -0.2) is 0 Å². The molecule has 3 unspecified atom stereocenters. The summed E-state index contributed by atoms with van der Waals surface area (Å²) >= 11 is 0. The highest BCUT2D eigenvalue weighted by atomic mass is 16.5. The molecule has 0 aliphatic heterocycles. The van der Waals surface area contributed by atoms with E-state index in [2.05, 4.69) is 62.5 Å². The van der Waals surface area contributed by atoms with Gasteiger partial charge in [0.25, 0.3) is 0 Å². The van der Waals surface area contributed by atoms with Crippen LogP contribution < -0.4 is 5.32 Å². The van der Waals surface area contributed by atoms with E-state index in [-0.39, 0.29) is 24.9 Å². The van der Waals surface area contributed by atoms with Crippen LogP contribution in [0.15, 0.2) is 36.5 Å². The Balaban J connectivity index is 4.58. The Morgan fingerprint density at radius 3 is 1.27 bits per heavy atom. The number of hydrogen-bond donors (Lipinski definition) is 3. The molecule has 364 valence electrons. The van der Waals surface area contributed by atoms with Crippen molar-refractivity contribution in [2.75, 3.05) is 6.61 Å². The van der Waals surface area contributed by atoms with Crippen molar-refractivity contribution in [3.63, 3.8) is 0 Å². The number of amides is 1. The lowest BCUT2D eigenvalue weighted by atomic mass is 10.0. The lowest BCUT2D eigenvalue weighted by Crippen LogP contribution is -2.46. The van der Waals surface area contributed by atoms with Crippen LogP contribution >= 0.6 is 0 Å². The van der Waals surface area contributed by atoms with Gasteiger partial charge in [0, 0.05) is 6.42 Å². The maximum absolute atomic E-state index is 13.2. The highest BCUT2D eigenvalue weighted by Gasteiger charge is 2.24. The number of aliphatic hydroxyl groups is 2. The number of nitrogens with one attached hydrogen (secondary N) is 1. The largest absolute Gasteiger partial charge is 0.462 e. The number of rotatable bonds is 49. The van der Waals surface area contributed by atoms with Crippen LogP contribution in [0.3, 0.4) is 0 Å². The van der Waals surface area contributed by atoms with Gasteiger partial charge in [0.05, 0.1) is 25.2 Å². The van der Waals surface area contributed by atoms with Crippen LogP contribution in [0.25, 0.3) is 0 Å². The number of aliphatic hydroxyl groups excluding tert-OH is 2. The van der Waals surface area contributed by atoms with Crippen LogP contribution in [0.4, 0.5) is 0 Å². The van der Waals surface area contributed by atoms with Crippen molar-refractivity contribution < 1.29 is 24.5 Å². The monoisotopic (exact) mass is 872 g/mol. The number of carbonyl (C=O) groups is 2. The normalized spacial score (nSPS) is 13.4. The van der Waals surface area contributed by atoms with Crippen LogP contribution in [0, 0.1) is 0 Å². The third-order valence-corrected chi connectivity index (χ3v) is 12.5. The maximum Gasteiger partial charge on any atom is 0.306 e. The third-order valence-electron chi connectivity index (χ3n) is 12.5. The number of ether oxygens (including phenoxy) is 1. The van der Waals surface area contributed by atoms with Gasteiger partial charge in [-0.3, -0.25) is 9.59 Å². The average molecular weight is 872 g/mol. The Hall–Kier alpha value is -1.92. The molecule has 0 rings (SSSR count). The van der Waals surface area contributed by atoms with E-state index in [1.165, 1.54) is 161 Å². The zero-order valence-electron chi connectivity index (χ0n) is 41.5. The first-order chi connectivity index (χ1) is 30.5. The number of unbranched alkanes of at least 4 members (excludes halogenated alkanes) is 31. The smallest absolute Gasteiger partial charge is 0.306 e. The first kappa shape index (κ1) is 60.1. The van der Waals surface area contributed by atoms with Gasteiger partial charge in [-0.1, -0.05) is 243 Å². The molecule has 3 atom stereocenters. The summed E-state index contributed by atoms with van der Waals surface area (Å²) in [7, 11) is 0. The molecule has 0 aromatic rings. The van der Waals surface area contributed by atoms with Gasteiger partial charge in [-0.2, -0.15) is 0 Å². The molecule has 6 nitrogen and oxygen atoms in total. The van der Waals surface area contributed by atoms with Crippen LogP contribution in [0.2, 0.25) is 0 Å². The van der Waals surface area contributed by atoms with Crippen LogP contribution in [0.5, 0.6) is 0 Å². The van der Waals surface area contributed by atoms with E-state index in [1.54, 1.807) is 0 Å². The molecule has 0 spiro atoms. The van der Waals surface area contributed by atoms with E-state index >= 15 is 0 Å². The molecule has 0 fully saturated rings. The van der Waals surface area contributed by atoms with Crippen molar-refractivity contribution in [3.8, 4) is 0 Å². The van der Waals surface area contributed by atoms with Crippen molar-refractivity contribution in [1.29, 1.82) is 0 Å². The van der Waals surface area contributed by atoms with E-state index in [9.17, 15) is 19.8 Å². The second kappa shape index (κ2) is 50.1. The summed E-state index contributed by atoms with van der Waals surface area (Å²) in [5.74, 6) is -0.486. The second-order valence-electron chi connectivity index (χ2n) is 18.6. The predicted octanol–water partition coefficient (Wildman–Crippen LogP) is 16.5. The molecule has 0 heterocycles. The molecule has 0 saturated carbocycles. The van der Waals surface area contributed by atoms with Crippen molar-refractivity contribution in [2.24, 2.45) is 0 Å². The molecular formula is C56H105NO5. The fourth-order valence-corrected chi connectivity index (χ4v) is 8.32. The van der Waals surface area contributed by atoms with Crippen molar-refractivity contribution in [1.82, 2.24) is 5.32 Å². The fraction of sp³-hybridized carbons (Fsp3) is 0.857. The minimum absolute atomic E-state index is 0.0726. The minimum Gasteiger partial charge on any atom is -0.462 e. The molecular weight excluding hydrogens is 767 g/mol. The number of allylic oxidation sites excluding steroid dienone is 6. The number of esters is 1. The Morgan fingerprint density at radius 2 is 0.823 bits per heavy atom. The zero-order chi connectivity index (χ0) is 45.2. The Bertz CT molecular complexity index is 1020. The summed E-state index contributed by atoms with van der Waals surface area (Å²) in [6.45, 7) is 6.46. The first-order valence-electron chi connectivity index (χ1n) is 27.2. The predicted molar refractivity (Wildman–Crippen MR) is 269 cm³/mol. The van der Waals surface area contributed by atoms with Crippen LogP contribution in [-0.2, 0) is 14.3 Å². The van der Waals surface area contributed by atoms with Gasteiger partial charge in [0.2, 0.25) is 5.91 Å². The topological polar surface area (TPSA) is 95.9 Å². The van der Waals surface area contributed by atoms with Gasteiger partial charge < -0.3 is 20.3 Å². The first-order valence-corrected chi connectivity index (χ1v) is 27.2. The Kier molecular flexibility index (Phi) is 48.5. The molecule has 0 aromatic heterocycles. The number of hydrogen-bond acceptors (Lipinski definition) is 5. The van der Waals surface area contributed by atoms with Crippen molar-refractivity contribution >= 4 is 11.9 Å². The summed E-state index contributed by atoms with van der Waals surface area (Å²) in [5, 5.41) is 23.8. The quantitative estimate of drug-likeness (QED) is 0.0321. The molecule has 0 saturated heterocycles. The lowest BCUT2D eigenvalue weighted by Gasteiger charge is -2.24. The second-order valence-corrected chi connectivity index (χ2v) is 18.6. The van der Waals surface area contributed by atoms with Gasteiger partial charge >= 0.3 is 5.97 Å². The van der Waals surface area contributed by atoms with Gasteiger partial charge in [0.1, 0.15) is 6.10 Å². The summed E-state index contributed by atoms with van der Waals surface area (Å²) in [4.78, 5) is 26.2. The summed E-state index contributed by atoms with van der Waals surface area (Å²) in [6.07, 6.45) is 59.2. The summed E-state index contributed by atoms with van der Waals surface area (Å²) in [5.41, 5.74) is 0. The standard InChI is InChI=1S/C56H105NO5/c1-4-7-10-13-16-19-22-24-26-28-30-32-34-37-40-43-46-49-56(61)62-52(47-44-41-38-35-33-31-29-27-25-23-20-17-14-11-8-5-2)50-55(60)57-53(51-58)54(59)48-45-42-39-36-21-18-15-12-9-6-3/h16,19,24,26,30,32,52-54,58-59H,4-15,17-18,20-23,25,27-29,31,33-51H2,1-3H3,(H,57,60)/b19-16-,26-24-,32-30-. The van der Waals surface area contributed by atoms with Gasteiger partial charge in [-0.15, -0.1) is 0 Å². The summed E-state index contributed by atoms with van der Waals surface area (Å²) < 4.78 is 5.94. The van der Waals surface area contributed by atoms with Crippen LogP contribution in [-0.4, -0.2) is 46.9 Å². The average Bonchev–Trinajstić information content (AvgIpc) is 3.26. The highest BCUT2D eigenvalue weighted by molar-refractivity contribution is 5.77. The molecule has 6 heteroatoms. The van der Waals surface area contributed by atoms with Crippen molar-refractivity contribution in [3.05, 3.63) is 36.5 Å². The maximum atomic E-state index is 13.2. The highest BCUT2D eigenvalue weighted by Crippen LogP contribution is 2.18.